The number of rotatable bonds is 3. The molecule has 0 aromatic carbocycles. The largest absolute Gasteiger partial charge is 0.360 e. The van der Waals surface area contributed by atoms with E-state index in [4.69, 9.17) is 4.52 Å². The number of carbonyl (C=O) groups excluding carboxylic acids is 1. The van der Waals surface area contributed by atoms with E-state index in [0.29, 0.717) is 29.3 Å². The average Bonchev–Trinajstić information content (AvgIpc) is 3.12. The second-order valence-corrected chi connectivity index (χ2v) is 6.47. The fraction of sp³-hybridized carbons (Fsp3) is 0.278. The quantitative estimate of drug-likeness (QED) is 0.717. The van der Waals surface area contributed by atoms with Gasteiger partial charge in [-0.05, 0) is 19.1 Å². The zero-order valence-corrected chi connectivity index (χ0v) is 15.1. The number of fused-ring (bicyclic) bond motifs is 1. The molecule has 1 aliphatic rings. The van der Waals surface area contributed by atoms with Gasteiger partial charge < -0.3 is 14.7 Å². The molecule has 0 radical (unpaired) electrons. The Morgan fingerprint density at radius 2 is 2.03 bits per heavy atom. The number of nitrogens with zero attached hydrogens (tertiary/aromatic N) is 5. The van der Waals surface area contributed by atoms with Crippen LogP contribution in [0.1, 0.15) is 30.4 Å². The predicted octanol–water partition coefficient (Wildman–Crippen LogP) is 3.58. The number of hydrogen-bond acceptors (Lipinski definition) is 6. The summed E-state index contributed by atoms with van der Waals surface area (Å²) < 4.78 is 45.3. The number of pyridine rings is 1. The molecule has 150 valence electrons. The molecule has 0 fully saturated rings. The van der Waals surface area contributed by atoms with Gasteiger partial charge in [0.15, 0.2) is 17.3 Å². The molecule has 3 aromatic rings. The van der Waals surface area contributed by atoms with Crippen molar-refractivity contribution in [3.63, 3.8) is 0 Å². The number of nitrogens with one attached hydrogen (secondary N) is 1. The van der Waals surface area contributed by atoms with Crippen molar-refractivity contribution in [2.24, 2.45) is 0 Å². The summed E-state index contributed by atoms with van der Waals surface area (Å²) in [6.07, 6.45) is 1.43. The number of aromatic nitrogens is 4. The topological polar surface area (TPSA) is 97.0 Å². The highest BCUT2D eigenvalue weighted by molar-refractivity contribution is 5.90. The molecule has 4 rings (SSSR count). The van der Waals surface area contributed by atoms with Gasteiger partial charge in [-0.2, -0.15) is 0 Å². The number of amides is 2. The number of alkyl halides is 2. The first kappa shape index (κ1) is 18.8. The van der Waals surface area contributed by atoms with Gasteiger partial charge in [-0.3, -0.25) is 4.98 Å². The van der Waals surface area contributed by atoms with E-state index in [1.54, 1.807) is 25.4 Å². The molecular formula is C18H15F3N6O2. The molecule has 0 saturated heterocycles. The lowest BCUT2D eigenvalue weighted by Crippen LogP contribution is -2.44. The van der Waals surface area contributed by atoms with Crippen molar-refractivity contribution in [1.29, 1.82) is 0 Å². The molecule has 1 unspecified atom stereocenters. The van der Waals surface area contributed by atoms with E-state index in [1.807, 2.05) is 0 Å². The summed E-state index contributed by atoms with van der Waals surface area (Å²) >= 11 is 0. The molecule has 0 bridgehead atoms. The van der Waals surface area contributed by atoms with Crippen LogP contribution in [-0.2, 0) is 13.0 Å². The minimum atomic E-state index is -3.09. The molecule has 0 saturated carbocycles. The summed E-state index contributed by atoms with van der Waals surface area (Å²) in [5, 5.41) is 6.36. The van der Waals surface area contributed by atoms with Crippen molar-refractivity contribution in [2.75, 3.05) is 5.32 Å². The van der Waals surface area contributed by atoms with Crippen LogP contribution in [0.25, 0.3) is 11.5 Å². The number of hydrogen-bond donors (Lipinski definition) is 1. The van der Waals surface area contributed by atoms with E-state index in [1.165, 1.54) is 4.90 Å². The molecule has 4 heterocycles. The summed E-state index contributed by atoms with van der Waals surface area (Å²) in [7, 11) is 0. The molecule has 0 spiro atoms. The van der Waals surface area contributed by atoms with Crippen LogP contribution in [0.15, 0.2) is 35.2 Å². The molecule has 1 aliphatic heterocycles. The molecule has 8 nitrogen and oxygen atoms in total. The van der Waals surface area contributed by atoms with Crippen molar-refractivity contribution in [3.8, 4) is 11.5 Å². The zero-order valence-electron chi connectivity index (χ0n) is 15.1. The summed E-state index contributed by atoms with van der Waals surface area (Å²) in [4.78, 5) is 25.8. The Bertz CT molecular complexity index is 1040. The Morgan fingerprint density at radius 1 is 1.28 bits per heavy atom. The SMILES string of the molecule is CC1Cc2onc(-c3ncccn3)c2CN1C(=O)Nc1ccnc(C(F)F)c1F. The first-order valence-corrected chi connectivity index (χ1v) is 8.70. The monoisotopic (exact) mass is 404 g/mol. The average molecular weight is 404 g/mol. The third-order valence-electron chi connectivity index (χ3n) is 4.61. The van der Waals surface area contributed by atoms with E-state index in [9.17, 15) is 18.0 Å². The van der Waals surface area contributed by atoms with Gasteiger partial charge in [-0.1, -0.05) is 5.16 Å². The fourth-order valence-corrected chi connectivity index (χ4v) is 3.14. The number of halogens is 3. The Labute approximate surface area is 162 Å². The lowest BCUT2D eigenvalue weighted by Gasteiger charge is -2.32. The maximum atomic E-state index is 14.2. The van der Waals surface area contributed by atoms with Crippen LogP contribution in [0.4, 0.5) is 23.7 Å². The Morgan fingerprint density at radius 3 is 2.76 bits per heavy atom. The summed E-state index contributed by atoms with van der Waals surface area (Å²) in [5.74, 6) is -0.294. The summed E-state index contributed by atoms with van der Waals surface area (Å²) in [6.45, 7) is 1.91. The Hall–Kier alpha value is -3.50. The second kappa shape index (κ2) is 7.49. The van der Waals surface area contributed by atoms with Crippen molar-refractivity contribution in [2.45, 2.75) is 32.4 Å². The molecule has 1 atom stereocenters. The number of urea groups is 1. The smallest absolute Gasteiger partial charge is 0.322 e. The maximum Gasteiger partial charge on any atom is 0.322 e. The molecule has 2 amide bonds. The number of carbonyl (C=O) groups is 1. The first-order valence-electron chi connectivity index (χ1n) is 8.70. The van der Waals surface area contributed by atoms with Crippen molar-refractivity contribution < 1.29 is 22.5 Å². The van der Waals surface area contributed by atoms with Gasteiger partial charge >= 0.3 is 6.03 Å². The van der Waals surface area contributed by atoms with Crippen LogP contribution in [0.3, 0.4) is 0 Å². The maximum absolute atomic E-state index is 14.2. The highest BCUT2D eigenvalue weighted by Crippen LogP contribution is 2.31. The molecule has 0 aliphatic carbocycles. The van der Waals surface area contributed by atoms with Gasteiger partial charge in [-0.25, -0.2) is 27.9 Å². The van der Waals surface area contributed by atoms with Crippen LogP contribution in [0.5, 0.6) is 0 Å². The van der Waals surface area contributed by atoms with Gasteiger partial charge in [0.05, 0.1) is 12.2 Å². The normalized spacial score (nSPS) is 16.0. The zero-order chi connectivity index (χ0) is 20.5. The van der Waals surface area contributed by atoms with E-state index in [2.05, 4.69) is 25.4 Å². The van der Waals surface area contributed by atoms with E-state index in [-0.39, 0.29) is 18.3 Å². The third kappa shape index (κ3) is 3.50. The van der Waals surface area contributed by atoms with Crippen LogP contribution >= 0.6 is 0 Å². The molecule has 1 N–H and O–H groups in total. The number of anilines is 1. The minimum absolute atomic E-state index is 0.119. The summed E-state index contributed by atoms with van der Waals surface area (Å²) in [5.41, 5.74) is -0.317. The van der Waals surface area contributed by atoms with E-state index >= 15 is 0 Å². The van der Waals surface area contributed by atoms with Gasteiger partial charge in [-0.15, -0.1) is 0 Å². The van der Waals surface area contributed by atoms with Gasteiger partial charge in [0.2, 0.25) is 0 Å². The second-order valence-electron chi connectivity index (χ2n) is 6.47. The highest BCUT2D eigenvalue weighted by Gasteiger charge is 2.33. The van der Waals surface area contributed by atoms with Crippen molar-refractivity contribution in [3.05, 3.63) is 53.6 Å². The van der Waals surface area contributed by atoms with Gasteiger partial charge in [0.1, 0.15) is 11.5 Å². The minimum Gasteiger partial charge on any atom is -0.360 e. The predicted molar refractivity (Wildman–Crippen MR) is 94.4 cm³/mol. The Balaban J connectivity index is 1.59. The highest BCUT2D eigenvalue weighted by atomic mass is 19.3. The molecule has 29 heavy (non-hydrogen) atoms. The van der Waals surface area contributed by atoms with Gasteiger partial charge in [0, 0.05) is 36.6 Å². The molecule has 11 heteroatoms. The molecule has 3 aromatic heterocycles. The third-order valence-corrected chi connectivity index (χ3v) is 4.61. The first-order chi connectivity index (χ1) is 14.0. The Kier molecular flexibility index (Phi) is 4.87. The lowest BCUT2D eigenvalue weighted by atomic mass is 10.0. The lowest BCUT2D eigenvalue weighted by molar-refractivity contribution is 0.140. The van der Waals surface area contributed by atoms with Crippen LogP contribution in [0.2, 0.25) is 0 Å². The fourth-order valence-electron chi connectivity index (χ4n) is 3.14. The van der Waals surface area contributed by atoms with Gasteiger partial charge in [0.25, 0.3) is 6.43 Å². The summed E-state index contributed by atoms with van der Waals surface area (Å²) in [6, 6.07) is 1.85. The van der Waals surface area contributed by atoms with Crippen molar-refractivity contribution in [1.82, 2.24) is 25.0 Å². The van der Waals surface area contributed by atoms with Crippen LogP contribution in [0, 0.1) is 5.82 Å². The van der Waals surface area contributed by atoms with Crippen LogP contribution < -0.4 is 5.32 Å². The van der Waals surface area contributed by atoms with Crippen molar-refractivity contribution >= 4 is 11.7 Å². The molecular weight excluding hydrogens is 389 g/mol. The van der Waals surface area contributed by atoms with E-state index in [0.717, 1.165) is 12.3 Å². The van der Waals surface area contributed by atoms with E-state index < -0.39 is 24.0 Å². The van der Waals surface area contributed by atoms with Crippen LogP contribution in [-0.4, -0.2) is 37.1 Å². The standard InChI is InChI=1S/C18H15F3N6O2/c1-9-7-12-10(14(26-29-12)17-23-4-2-5-24-17)8-27(9)18(28)25-11-3-6-22-15(13(11)19)16(20)21/h2-6,9,16H,7-8H2,1H3,(H,22,25,28).